The first-order chi connectivity index (χ1) is 10.0. The molecule has 0 aliphatic rings. The molecule has 2 amide bonds. The minimum absolute atomic E-state index is 0.00123. The van der Waals surface area contributed by atoms with E-state index in [1.807, 2.05) is 36.4 Å². The molecule has 2 aromatic rings. The number of hydrogen-bond acceptors (Lipinski definition) is 2. The zero-order chi connectivity index (χ0) is 15.3. The second-order valence-corrected chi connectivity index (χ2v) is 5.15. The first-order valence-electron chi connectivity index (χ1n) is 6.73. The number of carbonyl (C=O) groups excluding carboxylic acids is 2. The molecule has 0 saturated heterocycles. The summed E-state index contributed by atoms with van der Waals surface area (Å²) in [6, 6.07) is 18.2. The summed E-state index contributed by atoms with van der Waals surface area (Å²) in [6.45, 7) is 1.69. The lowest BCUT2D eigenvalue weighted by Gasteiger charge is -2.26. The van der Waals surface area contributed by atoms with Crippen LogP contribution in [0.25, 0.3) is 0 Å². The summed E-state index contributed by atoms with van der Waals surface area (Å²) in [4.78, 5) is 24.0. The van der Waals surface area contributed by atoms with Gasteiger partial charge >= 0.3 is 0 Å². The van der Waals surface area contributed by atoms with Gasteiger partial charge in [0.1, 0.15) is 0 Å². The second kappa shape index (κ2) is 6.22. The average Bonchev–Trinajstić information content (AvgIpc) is 2.48. The lowest BCUT2D eigenvalue weighted by molar-refractivity contribution is -0.127. The van der Waals surface area contributed by atoms with Gasteiger partial charge in [0.05, 0.1) is 5.41 Å². The van der Waals surface area contributed by atoms with Crippen LogP contribution in [0.2, 0.25) is 0 Å². The average molecular weight is 282 g/mol. The highest BCUT2D eigenvalue weighted by molar-refractivity contribution is 5.97. The third-order valence-electron chi connectivity index (χ3n) is 3.53. The molecule has 0 spiro atoms. The van der Waals surface area contributed by atoms with Gasteiger partial charge in [0.2, 0.25) is 11.8 Å². The fourth-order valence-electron chi connectivity index (χ4n) is 2.19. The van der Waals surface area contributed by atoms with Crippen LogP contribution in [0.3, 0.4) is 0 Å². The number of carbonyl (C=O) groups is 2. The SMILES string of the molecule is CC(CC(=O)Nc1ccccc1)(C(N)=O)c1ccccc1. The monoisotopic (exact) mass is 282 g/mol. The van der Waals surface area contributed by atoms with Gasteiger partial charge < -0.3 is 11.1 Å². The van der Waals surface area contributed by atoms with Gasteiger partial charge in [0.15, 0.2) is 0 Å². The van der Waals surface area contributed by atoms with E-state index in [0.717, 1.165) is 5.56 Å². The van der Waals surface area contributed by atoms with Gasteiger partial charge in [-0.15, -0.1) is 0 Å². The van der Waals surface area contributed by atoms with Crippen molar-refractivity contribution in [3.8, 4) is 0 Å². The molecule has 2 aromatic carbocycles. The Morgan fingerprint density at radius 3 is 2.05 bits per heavy atom. The Morgan fingerprint density at radius 2 is 1.52 bits per heavy atom. The molecule has 0 saturated carbocycles. The molecule has 108 valence electrons. The molecule has 0 aliphatic heterocycles. The zero-order valence-corrected chi connectivity index (χ0v) is 11.9. The minimum atomic E-state index is -1.03. The zero-order valence-electron chi connectivity index (χ0n) is 11.9. The molecule has 1 atom stereocenters. The quantitative estimate of drug-likeness (QED) is 0.884. The topological polar surface area (TPSA) is 72.2 Å². The molecular weight excluding hydrogens is 264 g/mol. The number of hydrogen-bond donors (Lipinski definition) is 2. The highest BCUT2D eigenvalue weighted by atomic mass is 16.2. The van der Waals surface area contributed by atoms with Crippen molar-refractivity contribution < 1.29 is 9.59 Å². The van der Waals surface area contributed by atoms with Crippen molar-refractivity contribution in [1.82, 2.24) is 0 Å². The van der Waals surface area contributed by atoms with E-state index in [4.69, 9.17) is 5.73 Å². The number of nitrogens with two attached hydrogens (primary N) is 1. The van der Waals surface area contributed by atoms with Crippen LogP contribution in [0.1, 0.15) is 18.9 Å². The van der Waals surface area contributed by atoms with Crippen molar-refractivity contribution in [2.24, 2.45) is 5.73 Å². The van der Waals surface area contributed by atoms with Gasteiger partial charge in [-0.3, -0.25) is 9.59 Å². The van der Waals surface area contributed by atoms with Crippen molar-refractivity contribution >= 4 is 17.5 Å². The summed E-state index contributed by atoms with van der Waals surface area (Å²) in [5, 5.41) is 2.78. The Kier molecular flexibility index (Phi) is 4.38. The van der Waals surface area contributed by atoms with Crippen molar-refractivity contribution in [2.75, 3.05) is 5.32 Å². The molecule has 0 heterocycles. The normalized spacial score (nSPS) is 13.2. The van der Waals surface area contributed by atoms with E-state index in [9.17, 15) is 9.59 Å². The number of amides is 2. The number of rotatable bonds is 5. The molecule has 4 nitrogen and oxygen atoms in total. The standard InChI is InChI=1S/C17H18N2O2/c1-17(16(18)21,13-8-4-2-5-9-13)12-15(20)19-14-10-6-3-7-11-14/h2-11H,12H2,1H3,(H2,18,21)(H,19,20). The van der Waals surface area contributed by atoms with Crippen LogP contribution < -0.4 is 11.1 Å². The van der Waals surface area contributed by atoms with Crippen molar-refractivity contribution in [2.45, 2.75) is 18.8 Å². The molecule has 4 heteroatoms. The lowest BCUT2D eigenvalue weighted by Crippen LogP contribution is -2.41. The summed E-state index contributed by atoms with van der Waals surface area (Å²) < 4.78 is 0. The Labute approximate surface area is 124 Å². The lowest BCUT2D eigenvalue weighted by atomic mass is 9.78. The van der Waals surface area contributed by atoms with Crippen LogP contribution in [-0.2, 0) is 15.0 Å². The summed E-state index contributed by atoms with van der Waals surface area (Å²) in [6.07, 6.45) is 0.00123. The first-order valence-corrected chi connectivity index (χ1v) is 6.73. The molecule has 0 radical (unpaired) electrons. The molecule has 2 rings (SSSR count). The van der Waals surface area contributed by atoms with Crippen molar-refractivity contribution in [3.63, 3.8) is 0 Å². The Hall–Kier alpha value is -2.62. The fourth-order valence-corrected chi connectivity index (χ4v) is 2.19. The molecule has 0 bridgehead atoms. The third kappa shape index (κ3) is 3.48. The van der Waals surface area contributed by atoms with E-state index in [0.29, 0.717) is 5.69 Å². The van der Waals surface area contributed by atoms with E-state index < -0.39 is 11.3 Å². The van der Waals surface area contributed by atoms with E-state index in [1.165, 1.54) is 0 Å². The molecule has 0 aliphatic carbocycles. The van der Waals surface area contributed by atoms with Crippen LogP contribution >= 0.6 is 0 Å². The molecule has 0 fully saturated rings. The summed E-state index contributed by atoms with van der Waals surface area (Å²) in [7, 11) is 0. The molecule has 0 aromatic heterocycles. The van der Waals surface area contributed by atoms with Crippen LogP contribution in [0.5, 0.6) is 0 Å². The number of nitrogens with one attached hydrogen (secondary N) is 1. The first kappa shape index (κ1) is 14.8. The largest absolute Gasteiger partial charge is 0.369 e. The maximum atomic E-state index is 12.2. The van der Waals surface area contributed by atoms with E-state index in [-0.39, 0.29) is 12.3 Å². The summed E-state index contributed by atoms with van der Waals surface area (Å²) in [5.74, 6) is -0.761. The predicted molar refractivity (Wildman–Crippen MR) is 82.7 cm³/mol. The number of anilines is 1. The van der Waals surface area contributed by atoms with Crippen LogP contribution in [-0.4, -0.2) is 11.8 Å². The number of para-hydroxylation sites is 1. The maximum absolute atomic E-state index is 12.2. The van der Waals surface area contributed by atoms with E-state index in [2.05, 4.69) is 5.32 Å². The number of benzene rings is 2. The smallest absolute Gasteiger partial charge is 0.228 e. The molecule has 21 heavy (non-hydrogen) atoms. The summed E-state index contributed by atoms with van der Waals surface area (Å²) in [5.41, 5.74) is 5.93. The van der Waals surface area contributed by atoms with Gasteiger partial charge in [0, 0.05) is 12.1 Å². The second-order valence-electron chi connectivity index (χ2n) is 5.15. The number of primary amides is 1. The summed E-state index contributed by atoms with van der Waals surface area (Å²) >= 11 is 0. The highest BCUT2D eigenvalue weighted by Gasteiger charge is 2.35. The molecule has 1 unspecified atom stereocenters. The van der Waals surface area contributed by atoms with Crippen molar-refractivity contribution in [1.29, 1.82) is 0 Å². The molecular formula is C17H18N2O2. The minimum Gasteiger partial charge on any atom is -0.369 e. The maximum Gasteiger partial charge on any atom is 0.228 e. The van der Waals surface area contributed by atoms with Crippen LogP contribution in [0, 0.1) is 0 Å². The predicted octanol–water partition coefficient (Wildman–Crippen LogP) is 2.46. The fraction of sp³-hybridized carbons (Fsp3) is 0.176. The van der Waals surface area contributed by atoms with Gasteiger partial charge in [-0.2, -0.15) is 0 Å². The molecule has 3 N–H and O–H groups in total. The van der Waals surface area contributed by atoms with Gasteiger partial charge in [-0.1, -0.05) is 48.5 Å². The van der Waals surface area contributed by atoms with Gasteiger partial charge in [0.25, 0.3) is 0 Å². The Balaban J connectivity index is 2.17. The van der Waals surface area contributed by atoms with Crippen LogP contribution in [0.4, 0.5) is 5.69 Å². The van der Waals surface area contributed by atoms with Crippen LogP contribution in [0.15, 0.2) is 60.7 Å². The van der Waals surface area contributed by atoms with Gasteiger partial charge in [-0.05, 0) is 24.6 Å². The van der Waals surface area contributed by atoms with Gasteiger partial charge in [-0.25, -0.2) is 0 Å². The van der Waals surface area contributed by atoms with E-state index >= 15 is 0 Å². The highest BCUT2D eigenvalue weighted by Crippen LogP contribution is 2.27. The van der Waals surface area contributed by atoms with E-state index in [1.54, 1.807) is 31.2 Å². The third-order valence-corrected chi connectivity index (χ3v) is 3.53. The van der Waals surface area contributed by atoms with Crippen molar-refractivity contribution in [3.05, 3.63) is 66.2 Å². The Bertz CT molecular complexity index is 626. The Morgan fingerprint density at radius 1 is 1.00 bits per heavy atom.